The first-order chi connectivity index (χ1) is 14.2. The molecule has 30 heavy (non-hydrogen) atoms. The summed E-state index contributed by atoms with van der Waals surface area (Å²) in [5.74, 6) is 2.34. The minimum absolute atomic E-state index is 0. The summed E-state index contributed by atoms with van der Waals surface area (Å²) in [6.45, 7) is 6.02. The van der Waals surface area contributed by atoms with Crippen LogP contribution in [0.25, 0.3) is 11.5 Å². The fourth-order valence-corrected chi connectivity index (χ4v) is 3.29. The van der Waals surface area contributed by atoms with Crippen LogP contribution in [0.3, 0.4) is 0 Å². The van der Waals surface area contributed by atoms with Gasteiger partial charge in [0.1, 0.15) is 23.8 Å². The number of aliphatic imine (C=N–C) groups is 1. The number of halogens is 1. The van der Waals surface area contributed by atoms with Crippen molar-refractivity contribution in [1.29, 1.82) is 0 Å². The van der Waals surface area contributed by atoms with Crippen molar-refractivity contribution in [1.82, 2.24) is 15.6 Å². The Morgan fingerprint density at radius 3 is 2.70 bits per heavy atom. The van der Waals surface area contributed by atoms with Crippen molar-refractivity contribution in [2.75, 3.05) is 13.1 Å². The molecule has 2 N–H and O–H groups in total. The van der Waals surface area contributed by atoms with Gasteiger partial charge in [-0.15, -0.1) is 24.0 Å². The molecule has 1 aliphatic heterocycles. The van der Waals surface area contributed by atoms with Crippen LogP contribution >= 0.6 is 24.0 Å². The molecule has 0 aliphatic carbocycles. The van der Waals surface area contributed by atoms with Gasteiger partial charge >= 0.3 is 0 Å². The molecule has 1 unspecified atom stereocenters. The van der Waals surface area contributed by atoms with Gasteiger partial charge in [-0.2, -0.15) is 0 Å². The first-order valence-electron chi connectivity index (χ1n) is 9.99. The molecule has 0 bridgehead atoms. The van der Waals surface area contributed by atoms with Crippen LogP contribution in [0.15, 0.2) is 64.2 Å². The number of benzene rings is 2. The van der Waals surface area contributed by atoms with Gasteiger partial charge in [-0.05, 0) is 37.6 Å². The van der Waals surface area contributed by atoms with Crippen molar-refractivity contribution >= 4 is 29.9 Å². The molecule has 1 aliphatic rings. The Labute approximate surface area is 194 Å². The monoisotopic (exact) mass is 518 g/mol. The predicted molar refractivity (Wildman–Crippen MR) is 129 cm³/mol. The highest BCUT2D eigenvalue weighted by atomic mass is 127. The van der Waals surface area contributed by atoms with E-state index >= 15 is 0 Å². The standard InChI is InChI=1S/C23H26N4O2.HI/c1-3-24-23(26-14-20-12-18-6-4-5-7-21(18)29-20)25-13-19-15-28-22(27-19)17-10-8-16(2)9-11-17;/h4-11,15,20H,3,12-14H2,1-2H3,(H2,24,25,26);1H. The smallest absolute Gasteiger partial charge is 0.226 e. The normalized spacial score (nSPS) is 15.1. The molecule has 0 radical (unpaired) electrons. The zero-order chi connectivity index (χ0) is 20.1. The molecule has 158 valence electrons. The molecule has 0 saturated carbocycles. The van der Waals surface area contributed by atoms with Gasteiger partial charge in [0.2, 0.25) is 5.89 Å². The molecule has 1 aromatic heterocycles. The molecule has 0 amide bonds. The van der Waals surface area contributed by atoms with Crippen molar-refractivity contribution in [2.45, 2.75) is 32.9 Å². The zero-order valence-electron chi connectivity index (χ0n) is 17.2. The Bertz CT molecular complexity index is 960. The van der Waals surface area contributed by atoms with Crippen LogP contribution in [0, 0.1) is 6.92 Å². The van der Waals surface area contributed by atoms with Crippen LogP contribution in [-0.2, 0) is 13.0 Å². The largest absolute Gasteiger partial charge is 0.488 e. The first-order valence-corrected chi connectivity index (χ1v) is 9.99. The van der Waals surface area contributed by atoms with Crippen LogP contribution < -0.4 is 15.4 Å². The average molecular weight is 518 g/mol. The molecule has 3 aromatic rings. The third-order valence-electron chi connectivity index (χ3n) is 4.80. The summed E-state index contributed by atoms with van der Waals surface area (Å²) < 4.78 is 11.6. The van der Waals surface area contributed by atoms with Gasteiger partial charge in [-0.1, -0.05) is 35.9 Å². The lowest BCUT2D eigenvalue weighted by atomic mass is 10.1. The summed E-state index contributed by atoms with van der Waals surface area (Å²) >= 11 is 0. The molecule has 6 nitrogen and oxygen atoms in total. The maximum atomic E-state index is 5.99. The van der Waals surface area contributed by atoms with E-state index in [9.17, 15) is 0 Å². The topological polar surface area (TPSA) is 71.7 Å². The highest BCUT2D eigenvalue weighted by Crippen LogP contribution is 2.27. The summed E-state index contributed by atoms with van der Waals surface area (Å²) in [6, 6.07) is 16.3. The lowest BCUT2D eigenvalue weighted by Gasteiger charge is -2.15. The number of nitrogens with one attached hydrogen (secondary N) is 2. The number of ether oxygens (including phenoxy) is 1. The number of aromatic nitrogens is 1. The fraction of sp³-hybridized carbons (Fsp3) is 0.304. The van der Waals surface area contributed by atoms with Gasteiger partial charge in [0.15, 0.2) is 5.96 Å². The summed E-state index contributed by atoms with van der Waals surface area (Å²) in [5, 5.41) is 6.64. The molecule has 4 rings (SSSR count). The van der Waals surface area contributed by atoms with Crippen molar-refractivity contribution < 1.29 is 9.15 Å². The molecule has 0 spiro atoms. The number of nitrogens with zero attached hydrogens (tertiary/aromatic N) is 2. The Morgan fingerprint density at radius 1 is 1.13 bits per heavy atom. The van der Waals surface area contributed by atoms with E-state index in [1.165, 1.54) is 11.1 Å². The molecule has 2 heterocycles. The third-order valence-corrected chi connectivity index (χ3v) is 4.80. The number of para-hydroxylation sites is 1. The quantitative estimate of drug-likeness (QED) is 0.289. The SMILES string of the molecule is CCNC(=NCc1coc(-c2ccc(C)cc2)n1)NCC1Cc2ccccc2O1.I. The number of hydrogen-bond acceptors (Lipinski definition) is 4. The maximum absolute atomic E-state index is 5.99. The maximum Gasteiger partial charge on any atom is 0.226 e. The Balaban J connectivity index is 0.00000256. The molecule has 7 heteroatoms. The second-order valence-corrected chi connectivity index (χ2v) is 7.14. The van der Waals surface area contributed by atoms with Crippen LogP contribution in [0.1, 0.15) is 23.7 Å². The molecular formula is C23H27IN4O2. The number of guanidine groups is 1. The van der Waals surface area contributed by atoms with E-state index in [-0.39, 0.29) is 30.1 Å². The predicted octanol–water partition coefficient (Wildman–Crippen LogP) is 4.33. The first kappa shape index (κ1) is 22.1. The van der Waals surface area contributed by atoms with Gasteiger partial charge < -0.3 is 19.8 Å². The molecule has 1 atom stereocenters. The van der Waals surface area contributed by atoms with E-state index < -0.39 is 0 Å². The summed E-state index contributed by atoms with van der Waals surface area (Å²) in [4.78, 5) is 9.18. The van der Waals surface area contributed by atoms with Crippen LogP contribution in [-0.4, -0.2) is 30.1 Å². The van der Waals surface area contributed by atoms with Crippen LogP contribution in [0.4, 0.5) is 0 Å². The fourth-order valence-electron chi connectivity index (χ4n) is 3.29. The van der Waals surface area contributed by atoms with Gasteiger partial charge in [-0.3, -0.25) is 0 Å². The van der Waals surface area contributed by atoms with Gasteiger partial charge in [0.25, 0.3) is 0 Å². The Kier molecular flexibility index (Phi) is 7.73. The molecule has 2 aromatic carbocycles. The molecular weight excluding hydrogens is 491 g/mol. The number of fused-ring (bicyclic) bond motifs is 1. The van der Waals surface area contributed by atoms with Crippen molar-refractivity contribution in [3.05, 3.63) is 71.6 Å². The van der Waals surface area contributed by atoms with E-state index in [2.05, 4.69) is 33.6 Å². The molecule has 0 fully saturated rings. The van der Waals surface area contributed by atoms with Gasteiger partial charge in [0, 0.05) is 18.5 Å². The van der Waals surface area contributed by atoms with Crippen molar-refractivity contribution in [3.63, 3.8) is 0 Å². The van der Waals surface area contributed by atoms with E-state index in [1.807, 2.05) is 49.4 Å². The lowest BCUT2D eigenvalue weighted by molar-refractivity contribution is 0.235. The highest BCUT2D eigenvalue weighted by molar-refractivity contribution is 14.0. The number of oxazole rings is 1. The van der Waals surface area contributed by atoms with Crippen molar-refractivity contribution in [2.24, 2.45) is 4.99 Å². The minimum Gasteiger partial charge on any atom is -0.488 e. The van der Waals surface area contributed by atoms with Crippen LogP contribution in [0.5, 0.6) is 5.75 Å². The Morgan fingerprint density at radius 2 is 1.93 bits per heavy atom. The van der Waals surface area contributed by atoms with Gasteiger partial charge in [0.05, 0.1) is 13.1 Å². The van der Waals surface area contributed by atoms with Crippen molar-refractivity contribution in [3.8, 4) is 17.2 Å². The lowest BCUT2D eigenvalue weighted by Crippen LogP contribution is -2.42. The van der Waals surface area contributed by atoms with E-state index in [0.717, 1.165) is 35.9 Å². The number of hydrogen-bond donors (Lipinski definition) is 2. The van der Waals surface area contributed by atoms with E-state index in [1.54, 1.807) is 6.26 Å². The molecule has 0 saturated heterocycles. The number of aryl methyl sites for hydroxylation is 1. The van der Waals surface area contributed by atoms with Gasteiger partial charge in [-0.25, -0.2) is 9.98 Å². The van der Waals surface area contributed by atoms with E-state index in [4.69, 9.17) is 9.15 Å². The van der Waals surface area contributed by atoms with Crippen LogP contribution in [0.2, 0.25) is 0 Å². The minimum atomic E-state index is 0. The average Bonchev–Trinajstić information content (AvgIpc) is 3.37. The van der Waals surface area contributed by atoms with E-state index in [0.29, 0.717) is 19.0 Å². The highest BCUT2D eigenvalue weighted by Gasteiger charge is 2.22. The summed E-state index contributed by atoms with van der Waals surface area (Å²) in [6.07, 6.45) is 2.68. The summed E-state index contributed by atoms with van der Waals surface area (Å²) in [7, 11) is 0. The Hall–Kier alpha value is -2.55. The second kappa shape index (κ2) is 10.5. The zero-order valence-corrected chi connectivity index (χ0v) is 19.6. The third kappa shape index (κ3) is 5.53. The second-order valence-electron chi connectivity index (χ2n) is 7.14. The number of rotatable bonds is 6. The summed E-state index contributed by atoms with van der Waals surface area (Å²) in [5.41, 5.74) is 4.23.